The van der Waals surface area contributed by atoms with Gasteiger partial charge in [0.2, 0.25) is 0 Å². The highest BCUT2D eigenvalue weighted by Gasteiger charge is 2.20. The fourth-order valence-electron chi connectivity index (χ4n) is 5.32. The van der Waals surface area contributed by atoms with E-state index in [9.17, 15) is 0 Å². The Bertz CT molecular complexity index is 1310. The van der Waals surface area contributed by atoms with E-state index >= 15 is 0 Å². The minimum absolute atomic E-state index is 0.00641. The van der Waals surface area contributed by atoms with E-state index in [0.29, 0.717) is 0 Å². The summed E-state index contributed by atoms with van der Waals surface area (Å²) in [6.07, 6.45) is 13.3. The van der Waals surface area contributed by atoms with Gasteiger partial charge in [-0.1, -0.05) is 97.1 Å². The van der Waals surface area contributed by atoms with E-state index in [1.54, 1.807) is 7.11 Å². The second kappa shape index (κ2) is 14.9. The first-order chi connectivity index (χ1) is 19.4. The molecule has 3 heteroatoms. The molecule has 0 bridgehead atoms. The van der Waals surface area contributed by atoms with Crippen LogP contribution in [-0.2, 0) is 20.6 Å². The molecule has 0 spiro atoms. The summed E-state index contributed by atoms with van der Waals surface area (Å²) in [4.78, 5) is 0. The Morgan fingerprint density at radius 1 is 1.00 bits per heavy atom. The van der Waals surface area contributed by atoms with Crippen molar-refractivity contribution in [1.82, 2.24) is 0 Å². The highest BCUT2D eigenvalue weighted by atomic mass is 16.7. The van der Waals surface area contributed by atoms with Gasteiger partial charge in [-0.3, -0.25) is 0 Å². The number of allylic oxidation sites excluding steroid dienone is 3. The van der Waals surface area contributed by atoms with Crippen molar-refractivity contribution >= 4 is 12.2 Å². The molecule has 1 saturated heterocycles. The third kappa shape index (κ3) is 8.63. The summed E-state index contributed by atoms with van der Waals surface area (Å²) in [7, 11) is 1.80. The lowest BCUT2D eigenvalue weighted by Gasteiger charge is -2.27. The molecule has 1 heterocycles. The van der Waals surface area contributed by atoms with E-state index in [0.717, 1.165) is 43.4 Å². The maximum Gasteiger partial charge on any atom is 0.158 e. The molecule has 4 rings (SSSR count). The van der Waals surface area contributed by atoms with Gasteiger partial charge < -0.3 is 14.2 Å². The van der Waals surface area contributed by atoms with E-state index in [-0.39, 0.29) is 18.5 Å². The average molecular weight is 537 g/mol. The number of ether oxygens (including phenoxy) is 3. The van der Waals surface area contributed by atoms with Gasteiger partial charge in [0.15, 0.2) is 6.29 Å². The number of benzene rings is 3. The lowest BCUT2D eigenvalue weighted by atomic mass is 9.95. The van der Waals surface area contributed by atoms with Gasteiger partial charge in [0.25, 0.3) is 0 Å². The van der Waals surface area contributed by atoms with Crippen molar-refractivity contribution in [2.24, 2.45) is 0 Å². The second-order valence-electron chi connectivity index (χ2n) is 10.8. The van der Waals surface area contributed by atoms with Crippen LogP contribution >= 0.6 is 0 Å². The van der Waals surface area contributed by atoms with Crippen LogP contribution in [0.4, 0.5) is 0 Å². The predicted molar refractivity (Wildman–Crippen MR) is 167 cm³/mol. The van der Waals surface area contributed by atoms with Gasteiger partial charge >= 0.3 is 0 Å². The minimum Gasteiger partial charge on any atom is -0.377 e. The molecule has 1 fully saturated rings. The van der Waals surface area contributed by atoms with Crippen LogP contribution < -0.4 is 0 Å². The molecular formula is C37H44O3. The standard InChI is InChI=1S/C37H44O3/c1-27(17-20-32-21-18-28(2)25-29(32)3)16-19-31-11-10-13-34(26-31)36(38-5)23-22-33-12-6-7-14-35(33)30(4)40-37-15-8-9-24-39-37/h6-7,10-14,16-21,25-26,30,36-37H,1,8-9,15,22-24H2,2-5H3/b19-16+,20-17-. The summed E-state index contributed by atoms with van der Waals surface area (Å²) in [5.41, 5.74) is 9.57. The van der Waals surface area contributed by atoms with Crippen molar-refractivity contribution in [3.05, 3.63) is 130 Å². The Morgan fingerprint density at radius 3 is 2.60 bits per heavy atom. The predicted octanol–water partition coefficient (Wildman–Crippen LogP) is 9.51. The smallest absolute Gasteiger partial charge is 0.158 e. The summed E-state index contributed by atoms with van der Waals surface area (Å²) in [6.45, 7) is 11.4. The van der Waals surface area contributed by atoms with Gasteiger partial charge in [-0.05, 0) is 97.9 Å². The van der Waals surface area contributed by atoms with E-state index in [1.165, 1.54) is 39.8 Å². The molecular weight excluding hydrogens is 492 g/mol. The SMILES string of the molecule is C=C(/C=C\c1ccc(C)cc1C)/C=C/c1cccc(C(CCc2ccccc2C(C)OC2CCCCO2)OC)c1. The average Bonchev–Trinajstić information content (AvgIpc) is 2.97. The Hall–Kier alpha value is -3.24. The van der Waals surface area contributed by atoms with Crippen LogP contribution in [0.25, 0.3) is 12.2 Å². The Kier molecular flexibility index (Phi) is 11.1. The first-order valence-electron chi connectivity index (χ1n) is 14.5. The number of aryl methyl sites for hydroxylation is 3. The Morgan fingerprint density at radius 2 is 1.82 bits per heavy atom. The highest BCUT2D eigenvalue weighted by molar-refractivity contribution is 5.61. The first kappa shape index (κ1) is 29.7. The molecule has 0 saturated carbocycles. The molecule has 3 atom stereocenters. The van der Waals surface area contributed by atoms with Crippen LogP contribution in [-0.4, -0.2) is 20.0 Å². The maximum atomic E-state index is 6.28. The lowest BCUT2D eigenvalue weighted by molar-refractivity contribution is -0.186. The summed E-state index contributed by atoms with van der Waals surface area (Å²) in [5, 5.41) is 0. The van der Waals surface area contributed by atoms with Crippen LogP contribution in [0.1, 0.15) is 83.8 Å². The minimum atomic E-state index is -0.0994. The third-order valence-electron chi connectivity index (χ3n) is 7.62. The van der Waals surface area contributed by atoms with E-state index in [2.05, 4.69) is 118 Å². The monoisotopic (exact) mass is 536 g/mol. The van der Waals surface area contributed by atoms with Crippen LogP contribution in [0, 0.1) is 13.8 Å². The number of rotatable bonds is 12. The van der Waals surface area contributed by atoms with E-state index < -0.39 is 0 Å². The van der Waals surface area contributed by atoms with E-state index in [4.69, 9.17) is 14.2 Å². The molecule has 1 aliphatic rings. The van der Waals surface area contributed by atoms with Gasteiger partial charge in [0.1, 0.15) is 0 Å². The van der Waals surface area contributed by atoms with Crippen molar-refractivity contribution in [3.63, 3.8) is 0 Å². The zero-order valence-electron chi connectivity index (χ0n) is 24.6. The zero-order chi connectivity index (χ0) is 28.3. The summed E-state index contributed by atoms with van der Waals surface area (Å²) >= 11 is 0. The third-order valence-corrected chi connectivity index (χ3v) is 7.62. The van der Waals surface area contributed by atoms with Gasteiger partial charge in [-0.2, -0.15) is 0 Å². The molecule has 3 aromatic carbocycles. The van der Waals surface area contributed by atoms with Gasteiger partial charge in [-0.25, -0.2) is 0 Å². The molecule has 0 aromatic heterocycles. The quantitative estimate of drug-likeness (QED) is 0.216. The first-order valence-corrected chi connectivity index (χ1v) is 14.5. The van der Waals surface area contributed by atoms with Crippen molar-refractivity contribution in [2.45, 2.75) is 71.4 Å². The molecule has 40 heavy (non-hydrogen) atoms. The molecule has 0 aliphatic carbocycles. The maximum absolute atomic E-state index is 6.28. The van der Waals surface area contributed by atoms with Crippen molar-refractivity contribution in [3.8, 4) is 0 Å². The summed E-state index contributed by atoms with van der Waals surface area (Å²) in [5.74, 6) is 0. The topological polar surface area (TPSA) is 27.7 Å². The largest absolute Gasteiger partial charge is 0.377 e. The van der Waals surface area contributed by atoms with Crippen molar-refractivity contribution in [2.75, 3.05) is 13.7 Å². The molecule has 3 nitrogen and oxygen atoms in total. The van der Waals surface area contributed by atoms with Crippen LogP contribution in [0.5, 0.6) is 0 Å². The number of methoxy groups -OCH3 is 1. The normalized spacial score (nSPS) is 17.4. The fourth-order valence-corrected chi connectivity index (χ4v) is 5.32. The van der Waals surface area contributed by atoms with Crippen LogP contribution in [0.3, 0.4) is 0 Å². The molecule has 0 radical (unpaired) electrons. The van der Waals surface area contributed by atoms with Gasteiger partial charge in [-0.15, -0.1) is 0 Å². The van der Waals surface area contributed by atoms with Crippen LogP contribution in [0.15, 0.2) is 91.0 Å². The summed E-state index contributed by atoms with van der Waals surface area (Å²) < 4.78 is 18.1. The van der Waals surface area contributed by atoms with Gasteiger partial charge in [0, 0.05) is 13.7 Å². The highest BCUT2D eigenvalue weighted by Crippen LogP contribution is 2.29. The molecule has 1 aliphatic heterocycles. The number of hydrogen-bond acceptors (Lipinski definition) is 3. The van der Waals surface area contributed by atoms with E-state index in [1.807, 2.05) is 0 Å². The molecule has 210 valence electrons. The Balaban J connectivity index is 1.38. The molecule has 3 unspecified atom stereocenters. The second-order valence-corrected chi connectivity index (χ2v) is 10.8. The van der Waals surface area contributed by atoms with Gasteiger partial charge in [0.05, 0.1) is 12.2 Å². The van der Waals surface area contributed by atoms with Crippen molar-refractivity contribution in [1.29, 1.82) is 0 Å². The fraction of sp³-hybridized carbons (Fsp3) is 0.351. The zero-order valence-corrected chi connectivity index (χ0v) is 24.6. The van der Waals surface area contributed by atoms with Crippen molar-refractivity contribution < 1.29 is 14.2 Å². The van der Waals surface area contributed by atoms with Crippen LogP contribution in [0.2, 0.25) is 0 Å². The molecule has 3 aromatic rings. The lowest BCUT2D eigenvalue weighted by Crippen LogP contribution is -2.24. The molecule has 0 N–H and O–H groups in total. The molecule has 0 amide bonds. The number of hydrogen-bond donors (Lipinski definition) is 0. The summed E-state index contributed by atoms with van der Waals surface area (Å²) in [6, 6.07) is 23.7. The Labute approximate surface area is 241 Å².